The van der Waals surface area contributed by atoms with E-state index < -0.39 is 21.1 Å². The van der Waals surface area contributed by atoms with E-state index in [0.29, 0.717) is 18.1 Å². The lowest BCUT2D eigenvalue weighted by Crippen LogP contribution is -2.52. The van der Waals surface area contributed by atoms with Gasteiger partial charge in [-0.2, -0.15) is 0 Å². The number of carbonyl (C=O) groups is 2. The summed E-state index contributed by atoms with van der Waals surface area (Å²) in [4.78, 5) is 26.9. The van der Waals surface area contributed by atoms with Gasteiger partial charge in [0.1, 0.15) is 6.04 Å². The first-order chi connectivity index (χ1) is 10.9. The van der Waals surface area contributed by atoms with E-state index in [0.717, 1.165) is 25.7 Å². The molecule has 2 heterocycles. The van der Waals surface area contributed by atoms with Crippen molar-refractivity contribution in [2.75, 3.05) is 17.4 Å². The number of amides is 2. The van der Waals surface area contributed by atoms with Gasteiger partial charge in [-0.1, -0.05) is 12.8 Å². The van der Waals surface area contributed by atoms with Crippen molar-refractivity contribution in [3.8, 4) is 0 Å². The maximum atomic E-state index is 12.6. The highest BCUT2D eigenvalue weighted by molar-refractivity contribution is 7.99. The number of sulfone groups is 1. The molecule has 3 rings (SSSR count). The van der Waals surface area contributed by atoms with E-state index in [9.17, 15) is 18.0 Å². The van der Waals surface area contributed by atoms with Crippen LogP contribution in [0, 0.1) is 5.92 Å². The number of thioether (sulfide) groups is 1. The van der Waals surface area contributed by atoms with Crippen LogP contribution in [0.1, 0.15) is 39.0 Å². The molecule has 0 aromatic carbocycles. The second-order valence-electron chi connectivity index (χ2n) is 6.78. The zero-order valence-corrected chi connectivity index (χ0v) is 15.0. The van der Waals surface area contributed by atoms with Gasteiger partial charge in [0.15, 0.2) is 9.84 Å². The molecule has 2 saturated heterocycles. The second-order valence-corrected chi connectivity index (χ2v) is 10.3. The molecule has 3 fully saturated rings. The predicted molar refractivity (Wildman–Crippen MR) is 89.7 cm³/mol. The van der Waals surface area contributed by atoms with Crippen molar-refractivity contribution in [2.45, 2.75) is 56.4 Å². The van der Waals surface area contributed by atoms with Crippen LogP contribution in [0.25, 0.3) is 0 Å². The third-order valence-corrected chi connectivity index (χ3v) is 8.62. The largest absolute Gasteiger partial charge is 0.350 e. The molecule has 0 spiro atoms. The van der Waals surface area contributed by atoms with Gasteiger partial charge in [-0.3, -0.25) is 9.59 Å². The van der Waals surface area contributed by atoms with Crippen molar-refractivity contribution in [3.05, 3.63) is 0 Å². The number of carbonyl (C=O) groups excluding carboxylic acids is 2. The smallest absolute Gasteiger partial charge is 0.243 e. The Labute approximate surface area is 141 Å². The van der Waals surface area contributed by atoms with Crippen LogP contribution >= 0.6 is 11.8 Å². The molecule has 6 nitrogen and oxygen atoms in total. The molecule has 0 aromatic rings. The van der Waals surface area contributed by atoms with Gasteiger partial charge in [0, 0.05) is 17.7 Å². The fraction of sp³-hybridized carbons (Fsp3) is 0.867. The number of nitrogens with zero attached hydrogens (tertiary/aromatic N) is 1. The number of nitrogens with one attached hydrogen (secondary N) is 1. The molecule has 0 unspecified atom stereocenters. The van der Waals surface area contributed by atoms with E-state index in [1.165, 1.54) is 0 Å². The Balaban J connectivity index is 1.63. The number of rotatable bonds is 3. The van der Waals surface area contributed by atoms with Gasteiger partial charge >= 0.3 is 0 Å². The molecule has 1 saturated carbocycles. The topological polar surface area (TPSA) is 83.6 Å². The molecular weight excluding hydrogens is 336 g/mol. The first-order valence-electron chi connectivity index (χ1n) is 8.30. The minimum atomic E-state index is -3.09. The van der Waals surface area contributed by atoms with Crippen LogP contribution in [-0.2, 0) is 19.4 Å². The molecule has 0 bridgehead atoms. The van der Waals surface area contributed by atoms with Gasteiger partial charge in [0.05, 0.1) is 16.9 Å². The molecular formula is C15H24N2O4S2. The van der Waals surface area contributed by atoms with Crippen LogP contribution in [0.5, 0.6) is 0 Å². The van der Waals surface area contributed by atoms with Crippen LogP contribution in [0.2, 0.25) is 0 Å². The Morgan fingerprint density at radius 3 is 2.48 bits per heavy atom. The maximum Gasteiger partial charge on any atom is 0.243 e. The summed E-state index contributed by atoms with van der Waals surface area (Å²) >= 11 is 1.59. The van der Waals surface area contributed by atoms with Crippen molar-refractivity contribution >= 4 is 33.4 Å². The molecule has 130 valence electrons. The van der Waals surface area contributed by atoms with Gasteiger partial charge in [0.2, 0.25) is 11.8 Å². The molecule has 2 amide bonds. The molecule has 23 heavy (non-hydrogen) atoms. The Kier molecular flexibility index (Phi) is 4.92. The van der Waals surface area contributed by atoms with E-state index >= 15 is 0 Å². The van der Waals surface area contributed by atoms with Crippen molar-refractivity contribution < 1.29 is 18.0 Å². The Bertz CT molecular complexity index is 586. The Morgan fingerprint density at radius 2 is 1.87 bits per heavy atom. The lowest BCUT2D eigenvalue weighted by Gasteiger charge is -2.27. The lowest BCUT2D eigenvalue weighted by molar-refractivity contribution is -0.141. The number of hydrogen-bond acceptors (Lipinski definition) is 5. The highest BCUT2D eigenvalue weighted by Crippen LogP contribution is 2.31. The summed E-state index contributed by atoms with van der Waals surface area (Å²) in [6.07, 6.45) is 4.49. The standard InChI is InChI=1S/C15H24N2O4S2/c1-10-12(6-7-23(10,20)21)16-14(18)13-8-22-9-17(13)15(19)11-4-2-3-5-11/h10-13H,2-9H2,1H3,(H,16,18)/t10-,12-,13+/m1/s1. The summed E-state index contributed by atoms with van der Waals surface area (Å²) in [5.41, 5.74) is 0. The van der Waals surface area contributed by atoms with E-state index in [-0.39, 0.29) is 29.5 Å². The number of hydrogen-bond donors (Lipinski definition) is 1. The van der Waals surface area contributed by atoms with Crippen LogP contribution in [0.4, 0.5) is 0 Å². The SMILES string of the molecule is C[C@@H]1[C@H](NC(=O)[C@@H]2CSCN2C(=O)C2CCCC2)CCS1(=O)=O. The first kappa shape index (κ1) is 17.1. The molecule has 1 aliphatic carbocycles. The third-order valence-electron chi connectivity index (χ3n) is 5.35. The summed E-state index contributed by atoms with van der Waals surface area (Å²) in [7, 11) is -3.09. The van der Waals surface area contributed by atoms with Gasteiger partial charge in [0.25, 0.3) is 0 Å². The minimum absolute atomic E-state index is 0.0646. The fourth-order valence-electron chi connectivity index (χ4n) is 3.71. The highest BCUT2D eigenvalue weighted by atomic mass is 32.2. The molecule has 2 aliphatic heterocycles. The monoisotopic (exact) mass is 360 g/mol. The lowest BCUT2D eigenvalue weighted by atomic mass is 10.1. The van der Waals surface area contributed by atoms with Crippen molar-refractivity contribution in [3.63, 3.8) is 0 Å². The van der Waals surface area contributed by atoms with Crippen LogP contribution in [0.15, 0.2) is 0 Å². The molecule has 0 aromatic heterocycles. The fourth-order valence-corrected chi connectivity index (χ4v) is 6.54. The predicted octanol–water partition coefficient (Wildman–Crippen LogP) is 0.770. The zero-order chi connectivity index (χ0) is 16.6. The maximum absolute atomic E-state index is 12.6. The van der Waals surface area contributed by atoms with E-state index in [2.05, 4.69) is 5.32 Å². The quantitative estimate of drug-likeness (QED) is 0.804. The first-order valence-corrected chi connectivity index (χ1v) is 11.2. The summed E-state index contributed by atoms with van der Waals surface area (Å²) in [6.45, 7) is 1.65. The molecule has 3 aliphatic rings. The van der Waals surface area contributed by atoms with Crippen LogP contribution < -0.4 is 5.32 Å². The normalized spacial score (nSPS) is 34.0. The zero-order valence-electron chi connectivity index (χ0n) is 13.4. The average Bonchev–Trinajstić information content (AvgIpc) is 3.23. The summed E-state index contributed by atoms with van der Waals surface area (Å²) in [5.74, 6) is 1.25. The van der Waals surface area contributed by atoms with Crippen LogP contribution in [0.3, 0.4) is 0 Å². The molecule has 3 atom stereocenters. The van der Waals surface area contributed by atoms with E-state index in [4.69, 9.17) is 0 Å². The Hall–Kier alpha value is -0.760. The average molecular weight is 361 g/mol. The van der Waals surface area contributed by atoms with E-state index in [1.807, 2.05) is 0 Å². The van der Waals surface area contributed by atoms with E-state index in [1.54, 1.807) is 23.6 Å². The van der Waals surface area contributed by atoms with Crippen molar-refractivity contribution in [2.24, 2.45) is 5.92 Å². The molecule has 1 N–H and O–H groups in total. The molecule has 8 heteroatoms. The van der Waals surface area contributed by atoms with Gasteiger partial charge in [-0.25, -0.2) is 8.42 Å². The van der Waals surface area contributed by atoms with Gasteiger partial charge < -0.3 is 10.2 Å². The minimum Gasteiger partial charge on any atom is -0.350 e. The third kappa shape index (κ3) is 3.38. The summed E-state index contributed by atoms with van der Waals surface area (Å²) < 4.78 is 23.6. The van der Waals surface area contributed by atoms with Crippen molar-refractivity contribution in [1.29, 1.82) is 0 Å². The summed E-state index contributed by atoms with van der Waals surface area (Å²) in [5, 5.41) is 2.33. The Morgan fingerprint density at radius 1 is 1.17 bits per heavy atom. The van der Waals surface area contributed by atoms with Gasteiger partial charge in [-0.15, -0.1) is 11.8 Å². The second kappa shape index (κ2) is 6.63. The summed E-state index contributed by atoms with van der Waals surface area (Å²) in [6, 6.07) is -0.787. The van der Waals surface area contributed by atoms with Crippen molar-refractivity contribution in [1.82, 2.24) is 10.2 Å². The molecule has 0 radical (unpaired) electrons. The van der Waals surface area contributed by atoms with Gasteiger partial charge in [-0.05, 0) is 26.2 Å². The van der Waals surface area contributed by atoms with Crippen LogP contribution in [-0.4, -0.2) is 59.8 Å². The highest BCUT2D eigenvalue weighted by Gasteiger charge is 2.42.